The molecule has 2 aromatic heterocycles. The largest absolute Gasteiger partial charge is 0.333 e. The summed E-state index contributed by atoms with van der Waals surface area (Å²) in [4.78, 5) is 19.4. The first-order valence-electron chi connectivity index (χ1n) is 11.5. The molecule has 0 bridgehead atoms. The van der Waals surface area contributed by atoms with Crippen molar-refractivity contribution in [1.82, 2.24) is 19.8 Å². The van der Waals surface area contributed by atoms with Gasteiger partial charge in [-0.15, -0.1) is 0 Å². The van der Waals surface area contributed by atoms with Gasteiger partial charge < -0.3 is 5.32 Å². The maximum Gasteiger partial charge on any atom is 0.326 e. The number of amides is 1. The van der Waals surface area contributed by atoms with E-state index in [1.54, 1.807) is 29.0 Å². The molecule has 0 unspecified atom stereocenters. The fourth-order valence-electron chi connectivity index (χ4n) is 4.56. The van der Waals surface area contributed by atoms with Crippen LogP contribution < -0.4 is 5.32 Å². The van der Waals surface area contributed by atoms with E-state index >= 15 is 0 Å². The van der Waals surface area contributed by atoms with Gasteiger partial charge in [0.2, 0.25) is 0 Å². The van der Waals surface area contributed by atoms with Crippen LogP contribution in [0.25, 0.3) is 17.0 Å². The predicted octanol–water partition coefficient (Wildman–Crippen LogP) is 7.10. The van der Waals surface area contributed by atoms with Crippen LogP contribution in [0.5, 0.6) is 0 Å². The minimum Gasteiger partial charge on any atom is -0.333 e. The van der Waals surface area contributed by atoms with Gasteiger partial charge >= 0.3 is 6.03 Å². The lowest BCUT2D eigenvalue weighted by molar-refractivity contribution is 0.240. The van der Waals surface area contributed by atoms with Gasteiger partial charge in [-0.3, -0.25) is 9.47 Å². The normalized spacial score (nSPS) is 13.9. The summed E-state index contributed by atoms with van der Waals surface area (Å²) in [5.41, 5.74) is 3.77. The molecule has 0 spiro atoms. The fourth-order valence-corrected chi connectivity index (χ4v) is 5.03. The standard InChI is InChI=1S/C27H21Cl3F2N4O/c28-20-4-3-16(10-22(20)31)2-1-8-35-9-6-24-19(15-35)18-12-23(32)21(29)13-25(18)36(24)27(37)34-14-17-5-7-33-26(30)11-17/h1-5,7,10-13H,6,8-9,14-15H2,(H,34,37)/b2-1+. The lowest BCUT2D eigenvalue weighted by Crippen LogP contribution is -2.34. The first-order chi connectivity index (χ1) is 17.8. The van der Waals surface area contributed by atoms with E-state index in [1.807, 2.05) is 12.2 Å². The average Bonchev–Trinajstić information content (AvgIpc) is 3.17. The highest BCUT2D eigenvalue weighted by Crippen LogP contribution is 2.34. The lowest BCUT2D eigenvalue weighted by atomic mass is 10.0. The summed E-state index contributed by atoms with van der Waals surface area (Å²) in [5.74, 6) is -1.01. The molecule has 0 fully saturated rings. The zero-order valence-corrected chi connectivity index (χ0v) is 21.7. The topological polar surface area (TPSA) is 50.2 Å². The lowest BCUT2D eigenvalue weighted by Gasteiger charge is -2.27. The molecule has 1 aliphatic rings. The van der Waals surface area contributed by atoms with Gasteiger partial charge in [-0.1, -0.05) is 53.0 Å². The Hall–Kier alpha value is -2.97. The molecular weight excluding hydrogens is 541 g/mol. The molecule has 5 nitrogen and oxygen atoms in total. The second-order valence-electron chi connectivity index (χ2n) is 8.75. The predicted molar refractivity (Wildman–Crippen MR) is 143 cm³/mol. The third-order valence-electron chi connectivity index (χ3n) is 6.32. The zero-order valence-electron chi connectivity index (χ0n) is 19.4. The molecule has 190 valence electrons. The van der Waals surface area contributed by atoms with Crippen molar-refractivity contribution in [3.63, 3.8) is 0 Å². The number of hydrogen-bond acceptors (Lipinski definition) is 3. The Labute approximate surface area is 227 Å². The molecule has 10 heteroatoms. The number of nitrogens with one attached hydrogen (secondary N) is 1. The summed E-state index contributed by atoms with van der Waals surface area (Å²) >= 11 is 17.8. The summed E-state index contributed by atoms with van der Waals surface area (Å²) in [6.07, 6.45) is 5.93. The van der Waals surface area contributed by atoms with Crippen LogP contribution >= 0.6 is 34.8 Å². The van der Waals surface area contributed by atoms with E-state index in [4.69, 9.17) is 34.8 Å². The van der Waals surface area contributed by atoms with Crippen molar-refractivity contribution in [2.75, 3.05) is 13.1 Å². The minimum atomic E-state index is -0.539. The van der Waals surface area contributed by atoms with Crippen LogP contribution in [0.4, 0.5) is 13.6 Å². The molecule has 1 amide bonds. The van der Waals surface area contributed by atoms with Crippen LogP contribution in [0.15, 0.2) is 54.7 Å². The molecule has 5 rings (SSSR count). The molecule has 3 heterocycles. The number of nitrogens with zero attached hydrogens (tertiary/aromatic N) is 3. The van der Waals surface area contributed by atoms with Gasteiger partial charge in [-0.2, -0.15) is 0 Å². The number of rotatable bonds is 5. The molecule has 1 N–H and O–H groups in total. The number of hydrogen-bond donors (Lipinski definition) is 1. The molecule has 1 aliphatic heterocycles. The van der Waals surface area contributed by atoms with E-state index in [1.165, 1.54) is 24.3 Å². The van der Waals surface area contributed by atoms with Crippen molar-refractivity contribution < 1.29 is 13.6 Å². The maximum absolute atomic E-state index is 14.5. The number of pyridine rings is 1. The third kappa shape index (κ3) is 5.50. The van der Waals surface area contributed by atoms with Gasteiger partial charge in [0.05, 0.1) is 15.6 Å². The van der Waals surface area contributed by atoms with Crippen LogP contribution in [0.3, 0.4) is 0 Å². The van der Waals surface area contributed by atoms with Crippen molar-refractivity contribution in [1.29, 1.82) is 0 Å². The van der Waals surface area contributed by atoms with E-state index < -0.39 is 11.6 Å². The van der Waals surface area contributed by atoms with Crippen LogP contribution in [0, 0.1) is 11.6 Å². The molecule has 2 aromatic carbocycles. The number of benzene rings is 2. The van der Waals surface area contributed by atoms with E-state index in [-0.39, 0.29) is 22.6 Å². The minimum absolute atomic E-state index is 0.0488. The van der Waals surface area contributed by atoms with Crippen molar-refractivity contribution in [3.05, 3.63) is 104 Å². The number of halogens is 5. The maximum atomic E-state index is 14.5. The Kier molecular flexibility index (Phi) is 7.49. The van der Waals surface area contributed by atoms with Gasteiger partial charge in [0.15, 0.2) is 0 Å². The molecule has 0 saturated heterocycles. The van der Waals surface area contributed by atoms with E-state index in [0.717, 1.165) is 16.8 Å². The van der Waals surface area contributed by atoms with E-state index in [9.17, 15) is 13.6 Å². The summed E-state index contributed by atoms with van der Waals surface area (Å²) in [6.45, 7) is 2.06. The highest BCUT2D eigenvalue weighted by atomic mass is 35.5. The molecule has 0 aliphatic carbocycles. The Balaban J connectivity index is 1.39. The van der Waals surface area contributed by atoms with E-state index in [0.29, 0.717) is 47.7 Å². The van der Waals surface area contributed by atoms with Crippen LogP contribution in [-0.4, -0.2) is 33.6 Å². The molecular formula is C27H21Cl3F2N4O. The average molecular weight is 562 g/mol. The second kappa shape index (κ2) is 10.8. The Bertz CT molecular complexity index is 1540. The molecule has 0 radical (unpaired) electrons. The van der Waals surface area contributed by atoms with Gasteiger partial charge in [-0.25, -0.2) is 18.6 Å². The molecule has 37 heavy (non-hydrogen) atoms. The molecule has 4 aromatic rings. The van der Waals surface area contributed by atoms with Crippen LogP contribution in [0.2, 0.25) is 15.2 Å². The van der Waals surface area contributed by atoms with Crippen molar-refractivity contribution in [3.8, 4) is 0 Å². The third-order valence-corrected chi connectivity index (χ3v) is 7.13. The number of fused-ring (bicyclic) bond motifs is 3. The van der Waals surface area contributed by atoms with Crippen LogP contribution in [-0.2, 0) is 19.5 Å². The quantitative estimate of drug-likeness (QED) is 0.264. The summed E-state index contributed by atoms with van der Waals surface area (Å²) in [5, 5.41) is 3.93. The SMILES string of the molecule is O=C(NCc1ccnc(Cl)c1)n1c2c(c3cc(F)c(Cl)cc31)CN(C/C=C/c1ccc(Cl)c(F)c1)CC2. The molecule has 0 atom stereocenters. The van der Waals surface area contributed by atoms with Gasteiger partial charge in [0.1, 0.15) is 16.8 Å². The zero-order chi connectivity index (χ0) is 26.1. The number of aromatic nitrogens is 2. The highest BCUT2D eigenvalue weighted by molar-refractivity contribution is 6.31. The summed E-state index contributed by atoms with van der Waals surface area (Å²) in [7, 11) is 0. The monoisotopic (exact) mass is 560 g/mol. The van der Waals surface area contributed by atoms with Gasteiger partial charge in [0, 0.05) is 49.9 Å². The van der Waals surface area contributed by atoms with Crippen molar-refractivity contribution in [2.24, 2.45) is 0 Å². The number of carbonyl (C=O) groups excluding carboxylic acids is 1. The van der Waals surface area contributed by atoms with Gasteiger partial charge in [0.25, 0.3) is 0 Å². The fraction of sp³-hybridized carbons (Fsp3) is 0.185. The van der Waals surface area contributed by atoms with Crippen LogP contribution in [0.1, 0.15) is 22.4 Å². The summed E-state index contributed by atoms with van der Waals surface area (Å²) in [6, 6.07) is 10.6. The highest BCUT2D eigenvalue weighted by Gasteiger charge is 2.27. The smallest absolute Gasteiger partial charge is 0.326 e. The number of carbonyl (C=O) groups is 1. The first-order valence-corrected chi connectivity index (χ1v) is 12.7. The van der Waals surface area contributed by atoms with Gasteiger partial charge in [-0.05, 0) is 53.1 Å². The Morgan fingerprint density at radius 1 is 1.05 bits per heavy atom. The Morgan fingerprint density at radius 2 is 1.86 bits per heavy atom. The van der Waals surface area contributed by atoms with Crippen molar-refractivity contribution in [2.45, 2.75) is 19.5 Å². The van der Waals surface area contributed by atoms with E-state index in [2.05, 4.69) is 15.2 Å². The van der Waals surface area contributed by atoms with Crippen molar-refractivity contribution >= 4 is 57.8 Å². The molecule has 0 saturated carbocycles. The summed E-state index contributed by atoms with van der Waals surface area (Å²) < 4.78 is 29.8. The Morgan fingerprint density at radius 3 is 2.65 bits per heavy atom. The first kappa shape index (κ1) is 25.7. The second-order valence-corrected chi connectivity index (χ2v) is 9.95.